The van der Waals surface area contributed by atoms with E-state index in [9.17, 15) is 4.79 Å². The highest BCUT2D eigenvalue weighted by atomic mass is 32.1. The molecule has 1 amide bonds. The third-order valence-electron chi connectivity index (χ3n) is 4.50. The molecule has 1 aliphatic rings. The summed E-state index contributed by atoms with van der Waals surface area (Å²) in [5, 5.41) is 13.1. The van der Waals surface area contributed by atoms with Gasteiger partial charge in [-0.15, -0.1) is 10.2 Å². The lowest BCUT2D eigenvalue weighted by molar-refractivity contribution is 0.0726. The number of likely N-dealkylation sites (tertiary alicyclic amines) is 1. The van der Waals surface area contributed by atoms with E-state index in [1.807, 2.05) is 24.8 Å². The Bertz CT molecular complexity index is 977. The normalized spacial score (nSPS) is 16.4. The molecule has 1 N–H and O–H groups in total. The van der Waals surface area contributed by atoms with E-state index < -0.39 is 0 Å². The molecular weight excluding hydrogens is 376 g/mol. The molecule has 0 bridgehead atoms. The number of carbonyl (C=O) groups is 1. The molecule has 0 unspecified atom stereocenters. The van der Waals surface area contributed by atoms with Crippen LogP contribution in [0.2, 0.25) is 0 Å². The van der Waals surface area contributed by atoms with Crippen LogP contribution in [0.3, 0.4) is 0 Å². The zero-order chi connectivity index (χ0) is 19.5. The summed E-state index contributed by atoms with van der Waals surface area (Å²) in [6, 6.07) is 1.77. The first-order valence-corrected chi connectivity index (χ1v) is 9.97. The molecule has 10 heteroatoms. The maximum atomic E-state index is 12.9. The first kappa shape index (κ1) is 18.4. The quantitative estimate of drug-likeness (QED) is 0.701. The van der Waals surface area contributed by atoms with E-state index in [0.29, 0.717) is 29.0 Å². The average Bonchev–Trinajstić information content (AvgIpc) is 3.37. The third-order valence-corrected chi connectivity index (χ3v) is 5.48. The second-order valence-electron chi connectivity index (χ2n) is 6.45. The van der Waals surface area contributed by atoms with Gasteiger partial charge in [-0.25, -0.2) is 15.0 Å². The molecular formula is C18H20N8OS. The Balaban J connectivity index is 1.59. The van der Waals surface area contributed by atoms with Gasteiger partial charge in [0.2, 0.25) is 5.13 Å². The molecule has 4 rings (SSSR count). The number of nitrogens with one attached hydrogen (secondary N) is 1. The van der Waals surface area contributed by atoms with Crippen LogP contribution < -0.4 is 5.32 Å². The number of hydrogen-bond acceptors (Lipinski definition) is 9. The van der Waals surface area contributed by atoms with E-state index in [1.165, 1.54) is 23.7 Å². The van der Waals surface area contributed by atoms with Gasteiger partial charge in [-0.05, 0) is 26.2 Å². The largest absolute Gasteiger partial charge is 0.329 e. The minimum Gasteiger partial charge on any atom is -0.329 e. The Morgan fingerprint density at radius 3 is 2.96 bits per heavy atom. The third kappa shape index (κ3) is 3.81. The van der Waals surface area contributed by atoms with Crippen LogP contribution in [0.25, 0.3) is 0 Å². The van der Waals surface area contributed by atoms with Gasteiger partial charge in [0, 0.05) is 25.0 Å². The number of carbonyl (C=O) groups excluding carboxylic acids is 1. The van der Waals surface area contributed by atoms with E-state index in [-0.39, 0.29) is 11.9 Å². The van der Waals surface area contributed by atoms with Crippen molar-refractivity contribution in [3.8, 4) is 0 Å². The second-order valence-corrected chi connectivity index (χ2v) is 7.51. The molecule has 0 saturated carbocycles. The van der Waals surface area contributed by atoms with Crippen molar-refractivity contribution in [3.05, 3.63) is 46.9 Å². The minimum absolute atomic E-state index is 0.114. The molecule has 0 radical (unpaired) electrons. The summed E-state index contributed by atoms with van der Waals surface area (Å²) in [4.78, 5) is 31.9. The summed E-state index contributed by atoms with van der Waals surface area (Å²) in [7, 11) is 0. The van der Waals surface area contributed by atoms with Gasteiger partial charge in [0.05, 0.1) is 17.9 Å². The monoisotopic (exact) mass is 396 g/mol. The number of rotatable bonds is 5. The van der Waals surface area contributed by atoms with Crippen LogP contribution >= 0.6 is 11.3 Å². The maximum Gasteiger partial charge on any atom is 0.274 e. The molecule has 144 valence electrons. The molecule has 1 atom stereocenters. The topological polar surface area (TPSA) is 110 Å². The molecule has 3 aromatic rings. The average molecular weight is 396 g/mol. The van der Waals surface area contributed by atoms with Crippen molar-refractivity contribution < 1.29 is 4.79 Å². The van der Waals surface area contributed by atoms with E-state index in [2.05, 4.69) is 35.5 Å². The Morgan fingerprint density at radius 1 is 1.32 bits per heavy atom. The summed E-state index contributed by atoms with van der Waals surface area (Å²) in [6.07, 6.45) is 7.19. The Labute approximate surface area is 166 Å². The smallest absolute Gasteiger partial charge is 0.274 e. The standard InChI is InChI=1S/C18H20N8OS/c1-3-16-24-25-18(28-16)23-15-9-12(21-11(2)22-15)14-5-4-8-26(14)17(27)13-10-19-6-7-20-13/h6-7,9-10,14H,3-5,8H2,1-2H3,(H,21,22,23,25)/t14-/m0/s1. The molecule has 28 heavy (non-hydrogen) atoms. The van der Waals surface area contributed by atoms with Gasteiger partial charge in [0.1, 0.15) is 22.3 Å². The predicted molar refractivity (Wildman–Crippen MR) is 104 cm³/mol. The lowest BCUT2D eigenvalue weighted by Gasteiger charge is -2.24. The van der Waals surface area contributed by atoms with Crippen LogP contribution in [0.15, 0.2) is 24.7 Å². The number of nitrogens with zero attached hydrogens (tertiary/aromatic N) is 7. The molecule has 1 fully saturated rings. The lowest BCUT2D eigenvalue weighted by Crippen LogP contribution is -2.31. The Kier molecular flexibility index (Phi) is 5.20. The molecule has 4 heterocycles. The van der Waals surface area contributed by atoms with Gasteiger partial charge >= 0.3 is 0 Å². The van der Waals surface area contributed by atoms with Gasteiger partial charge < -0.3 is 10.2 Å². The second kappa shape index (κ2) is 7.93. The summed E-state index contributed by atoms with van der Waals surface area (Å²) in [5.74, 6) is 1.16. The minimum atomic E-state index is -0.127. The molecule has 3 aromatic heterocycles. The van der Waals surface area contributed by atoms with Crippen LogP contribution in [0.4, 0.5) is 10.9 Å². The van der Waals surface area contributed by atoms with Crippen LogP contribution in [0.1, 0.15) is 52.8 Å². The lowest BCUT2D eigenvalue weighted by atomic mass is 10.1. The highest BCUT2D eigenvalue weighted by molar-refractivity contribution is 7.15. The van der Waals surface area contributed by atoms with Crippen LogP contribution in [-0.4, -0.2) is 47.5 Å². The van der Waals surface area contributed by atoms with Crippen molar-refractivity contribution in [1.82, 2.24) is 35.0 Å². The number of amides is 1. The van der Waals surface area contributed by atoms with E-state index in [1.54, 1.807) is 6.20 Å². The van der Waals surface area contributed by atoms with Gasteiger partial charge in [-0.2, -0.15) is 0 Å². The fourth-order valence-corrected chi connectivity index (χ4v) is 3.94. The highest BCUT2D eigenvalue weighted by Gasteiger charge is 2.32. The summed E-state index contributed by atoms with van der Waals surface area (Å²) in [6.45, 7) is 4.55. The van der Waals surface area contributed by atoms with Crippen molar-refractivity contribution >= 4 is 28.2 Å². The van der Waals surface area contributed by atoms with E-state index >= 15 is 0 Å². The van der Waals surface area contributed by atoms with Gasteiger partial charge in [0.25, 0.3) is 5.91 Å². The number of aryl methyl sites for hydroxylation is 2. The number of aromatic nitrogens is 6. The highest BCUT2D eigenvalue weighted by Crippen LogP contribution is 2.33. The van der Waals surface area contributed by atoms with Crippen LogP contribution in [0, 0.1) is 6.92 Å². The fourth-order valence-electron chi connectivity index (χ4n) is 3.26. The Hall–Kier alpha value is -3.01. The molecule has 9 nitrogen and oxygen atoms in total. The predicted octanol–water partition coefficient (Wildman–Crippen LogP) is 2.71. The molecule has 0 aromatic carbocycles. The van der Waals surface area contributed by atoms with E-state index in [4.69, 9.17) is 0 Å². The van der Waals surface area contributed by atoms with Crippen molar-refractivity contribution in [1.29, 1.82) is 0 Å². The van der Waals surface area contributed by atoms with Crippen molar-refractivity contribution in [2.24, 2.45) is 0 Å². The summed E-state index contributed by atoms with van der Waals surface area (Å²) >= 11 is 1.50. The molecule has 1 saturated heterocycles. The summed E-state index contributed by atoms with van der Waals surface area (Å²) in [5.41, 5.74) is 1.16. The zero-order valence-corrected chi connectivity index (χ0v) is 16.5. The Morgan fingerprint density at radius 2 is 2.21 bits per heavy atom. The van der Waals surface area contributed by atoms with Crippen LogP contribution in [0.5, 0.6) is 0 Å². The first-order chi connectivity index (χ1) is 13.6. The van der Waals surface area contributed by atoms with E-state index in [0.717, 1.165) is 30.0 Å². The van der Waals surface area contributed by atoms with Gasteiger partial charge in [-0.1, -0.05) is 18.3 Å². The molecule has 0 aliphatic carbocycles. The van der Waals surface area contributed by atoms with Crippen molar-refractivity contribution in [3.63, 3.8) is 0 Å². The molecule has 1 aliphatic heterocycles. The number of anilines is 2. The maximum absolute atomic E-state index is 12.9. The van der Waals surface area contributed by atoms with Crippen LogP contribution in [-0.2, 0) is 6.42 Å². The van der Waals surface area contributed by atoms with Crippen molar-refractivity contribution in [2.75, 3.05) is 11.9 Å². The zero-order valence-electron chi connectivity index (χ0n) is 15.7. The summed E-state index contributed by atoms with van der Waals surface area (Å²) < 4.78 is 0. The number of hydrogen-bond donors (Lipinski definition) is 1. The first-order valence-electron chi connectivity index (χ1n) is 9.16. The fraction of sp³-hybridized carbons (Fsp3) is 0.389. The molecule has 0 spiro atoms. The van der Waals surface area contributed by atoms with Gasteiger partial charge in [0.15, 0.2) is 0 Å². The van der Waals surface area contributed by atoms with Crippen molar-refractivity contribution in [2.45, 2.75) is 39.2 Å². The SMILES string of the molecule is CCc1nnc(Nc2cc([C@@H]3CCCN3C(=O)c3cnccn3)nc(C)n2)s1. The van der Waals surface area contributed by atoms with Gasteiger partial charge in [-0.3, -0.25) is 9.78 Å².